The predicted molar refractivity (Wildman–Crippen MR) is 103 cm³/mol. The molecule has 4 N–H and O–H groups in total. The Balaban J connectivity index is 2.06. The summed E-state index contributed by atoms with van der Waals surface area (Å²) in [7, 11) is -3.41. The van der Waals surface area contributed by atoms with Crippen LogP contribution in [0.1, 0.15) is 31.1 Å². The average molecular weight is 378 g/mol. The van der Waals surface area contributed by atoms with Crippen molar-refractivity contribution in [3.63, 3.8) is 0 Å². The van der Waals surface area contributed by atoms with Gasteiger partial charge in [-0.05, 0) is 43.5 Å². The van der Waals surface area contributed by atoms with Gasteiger partial charge in [-0.25, -0.2) is 8.42 Å². The summed E-state index contributed by atoms with van der Waals surface area (Å²) in [5, 5.41) is 23.9. The SMILES string of the molecule is CC(C)(Cc1ccccc1)NC(O)C(O)c1cccc(NS(C)(=O)=O)c1. The van der Waals surface area contributed by atoms with Gasteiger partial charge in [0, 0.05) is 11.2 Å². The lowest BCUT2D eigenvalue weighted by molar-refractivity contribution is -0.0196. The van der Waals surface area contributed by atoms with E-state index in [1.807, 2.05) is 44.2 Å². The van der Waals surface area contributed by atoms with E-state index < -0.39 is 27.9 Å². The van der Waals surface area contributed by atoms with Crippen molar-refractivity contribution in [1.29, 1.82) is 0 Å². The van der Waals surface area contributed by atoms with Crippen LogP contribution >= 0.6 is 0 Å². The third-order valence-corrected chi connectivity index (χ3v) is 4.46. The third kappa shape index (κ3) is 6.42. The number of aliphatic hydroxyl groups is 2. The highest BCUT2D eigenvalue weighted by atomic mass is 32.2. The first-order valence-corrected chi connectivity index (χ1v) is 10.2. The van der Waals surface area contributed by atoms with Crippen molar-refractivity contribution in [2.75, 3.05) is 11.0 Å². The Hall–Kier alpha value is -1.93. The van der Waals surface area contributed by atoms with Gasteiger partial charge in [-0.3, -0.25) is 10.0 Å². The molecule has 0 aliphatic rings. The quantitative estimate of drug-likeness (QED) is 0.527. The maximum absolute atomic E-state index is 11.3. The van der Waals surface area contributed by atoms with Crippen molar-refractivity contribution in [3.05, 3.63) is 65.7 Å². The molecule has 2 aromatic carbocycles. The zero-order valence-electron chi connectivity index (χ0n) is 15.2. The second-order valence-corrected chi connectivity index (χ2v) is 8.83. The predicted octanol–water partition coefficient (Wildman–Crippen LogP) is 2.02. The molecule has 0 aliphatic carbocycles. The number of hydrogen-bond acceptors (Lipinski definition) is 5. The molecule has 2 unspecified atom stereocenters. The summed E-state index contributed by atoms with van der Waals surface area (Å²) >= 11 is 0. The minimum absolute atomic E-state index is 0.333. The highest BCUT2D eigenvalue weighted by Gasteiger charge is 2.26. The molecule has 0 fully saturated rings. The van der Waals surface area contributed by atoms with E-state index in [-0.39, 0.29) is 0 Å². The summed E-state index contributed by atoms with van der Waals surface area (Å²) in [4.78, 5) is 0. The first-order valence-electron chi connectivity index (χ1n) is 8.31. The molecule has 2 rings (SSSR count). The Morgan fingerprint density at radius 2 is 1.69 bits per heavy atom. The Labute approximate surface area is 154 Å². The highest BCUT2D eigenvalue weighted by Crippen LogP contribution is 2.22. The van der Waals surface area contributed by atoms with Gasteiger partial charge in [0.2, 0.25) is 10.0 Å². The summed E-state index contributed by atoms with van der Waals surface area (Å²) in [6.07, 6.45) is -0.681. The van der Waals surface area contributed by atoms with Crippen LogP contribution in [0.25, 0.3) is 0 Å². The molecule has 7 heteroatoms. The van der Waals surface area contributed by atoms with E-state index in [0.29, 0.717) is 17.7 Å². The molecule has 0 radical (unpaired) electrons. The van der Waals surface area contributed by atoms with Crippen LogP contribution < -0.4 is 10.0 Å². The Morgan fingerprint density at radius 1 is 1.04 bits per heavy atom. The second-order valence-electron chi connectivity index (χ2n) is 7.08. The van der Waals surface area contributed by atoms with E-state index in [2.05, 4.69) is 10.0 Å². The van der Waals surface area contributed by atoms with E-state index in [9.17, 15) is 18.6 Å². The van der Waals surface area contributed by atoms with Crippen molar-refractivity contribution in [3.8, 4) is 0 Å². The van der Waals surface area contributed by atoms with Crippen LogP contribution in [0.5, 0.6) is 0 Å². The van der Waals surface area contributed by atoms with Gasteiger partial charge in [0.1, 0.15) is 12.3 Å². The molecule has 0 saturated heterocycles. The Morgan fingerprint density at radius 3 is 2.31 bits per heavy atom. The van der Waals surface area contributed by atoms with Crippen LogP contribution in [0.4, 0.5) is 5.69 Å². The van der Waals surface area contributed by atoms with E-state index >= 15 is 0 Å². The molecule has 0 aromatic heterocycles. The second kappa shape index (κ2) is 8.18. The number of aliphatic hydroxyl groups excluding tert-OH is 2. The van der Waals surface area contributed by atoms with E-state index in [1.165, 1.54) is 6.07 Å². The molecule has 0 bridgehead atoms. The van der Waals surface area contributed by atoms with Crippen LogP contribution in [0.15, 0.2) is 54.6 Å². The summed E-state index contributed by atoms with van der Waals surface area (Å²) in [6, 6.07) is 16.2. The van der Waals surface area contributed by atoms with Crippen LogP contribution in [0, 0.1) is 0 Å². The number of sulfonamides is 1. The number of hydrogen-bond donors (Lipinski definition) is 4. The van der Waals surface area contributed by atoms with E-state index in [4.69, 9.17) is 0 Å². The highest BCUT2D eigenvalue weighted by molar-refractivity contribution is 7.92. The molecule has 26 heavy (non-hydrogen) atoms. The first kappa shape index (κ1) is 20.4. The van der Waals surface area contributed by atoms with Crippen molar-refractivity contribution < 1.29 is 18.6 Å². The van der Waals surface area contributed by atoms with Crippen LogP contribution in [-0.4, -0.2) is 36.7 Å². The lowest BCUT2D eigenvalue weighted by Crippen LogP contribution is -2.49. The average Bonchev–Trinajstić information content (AvgIpc) is 2.52. The van der Waals surface area contributed by atoms with Gasteiger partial charge < -0.3 is 10.2 Å². The standard InChI is InChI=1S/C19H26N2O4S/c1-19(2,13-14-8-5-4-6-9-14)20-18(23)17(22)15-10-7-11-16(12-15)21-26(3,24)25/h4-12,17-18,20-23H,13H2,1-3H3. The summed E-state index contributed by atoms with van der Waals surface area (Å²) in [6.45, 7) is 3.88. The Kier molecular flexibility index (Phi) is 6.41. The summed E-state index contributed by atoms with van der Waals surface area (Å²) < 4.78 is 25.0. The van der Waals surface area contributed by atoms with Gasteiger partial charge in [0.25, 0.3) is 0 Å². The number of nitrogens with one attached hydrogen (secondary N) is 2. The molecular weight excluding hydrogens is 352 g/mol. The van der Waals surface area contributed by atoms with Gasteiger partial charge in [0.15, 0.2) is 0 Å². The lowest BCUT2D eigenvalue weighted by atomic mass is 9.94. The van der Waals surface area contributed by atoms with Gasteiger partial charge in [-0.15, -0.1) is 0 Å². The molecule has 0 amide bonds. The summed E-state index contributed by atoms with van der Waals surface area (Å²) in [5.74, 6) is 0. The number of anilines is 1. The molecule has 0 saturated carbocycles. The Bertz CT molecular complexity index is 822. The molecule has 0 spiro atoms. The molecule has 6 nitrogen and oxygen atoms in total. The summed E-state index contributed by atoms with van der Waals surface area (Å²) in [5.41, 5.74) is 1.41. The molecule has 0 aliphatic heterocycles. The number of benzene rings is 2. The fourth-order valence-corrected chi connectivity index (χ4v) is 3.37. The van der Waals surface area contributed by atoms with Crippen LogP contribution in [0.2, 0.25) is 0 Å². The van der Waals surface area contributed by atoms with E-state index in [1.54, 1.807) is 18.2 Å². The molecule has 0 heterocycles. The number of rotatable bonds is 8. The zero-order valence-corrected chi connectivity index (χ0v) is 16.0. The van der Waals surface area contributed by atoms with Gasteiger partial charge in [-0.2, -0.15) is 0 Å². The first-order chi connectivity index (χ1) is 12.1. The third-order valence-electron chi connectivity index (χ3n) is 3.86. The fourth-order valence-electron chi connectivity index (χ4n) is 2.82. The van der Waals surface area contributed by atoms with E-state index in [0.717, 1.165) is 11.8 Å². The molecule has 2 atom stereocenters. The molecular formula is C19H26N2O4S. The maximum Gasteiger partial charge on any atom is 0.229 e. The smallest absolute Gasteiger partial charge is 0.229 e. The van der Waals surface area contributed by atoms with Gasteiger partial charge in [0.05, 0.1) is 6.26 Å². The minimum atomic E-state index is -3.41. The normalized spacial score (nSPS) is 14.7. The maximum atomic E-state index is 11.3. The van der Waals surface area contributed by atoms with Gasteiger partial charge in [-0.1, -0.05) is 42.5 Å². The van der Waals surface area contributed by atoms with Crippen molar-refractivity contribution in [2.24, 2.45) is 0 Å². The van der Waals surface area contributed by atoms with Crippen LogP contribution in [0.3, 0.4) is 0 Å². The fraction of sp³-hybridized carbons (Fsp3) is 0.368. The molecule has 142 valence electrons. The zero-order chi connectivity index (χ0) is 19.4. The van der Waals surface area contributed by atoms with Crippen molar-refractivity contribution >= 4 is 15.7 Å². The van der Waals surface area contributed by atoms with Crippen molar-refractivity contribution in [1.82, 2.24) is 5.32 Å². The van der Waals surface area contributed by atoms with Crippen molar-refractivity contribution in [2.45, 2.75) is 38.1 Å². The topological polar surface area (TPSA) is 98.7 Å². The van der Waals surface area contributed by atoms with Crippen LogP contribution in [-0.2, 0) is 16.4 Å². The molecule has 2 aromatic rings. The lowest BCUT2D eigenvalue weighted by Gasteiger charge is -2.32. The minimum Gasteiger partial charge on any atom is -0.384 e. The monoisotopic (exact) mass is 378 g/mol. The van der Waals surface area contributed by atoms with Gasteiger partial charge >= 0.3 is 0 Å². The largest absolute Gasteiger partial charge is 0.384 e.